The Balaban J connectivity index is 2.55. The van der Waals surface area contributed by atoms with Crippen LogP contribution < -0.4 is 10.1 Å². The molecule has 96 valence electrons. The van der Waals surface area contributed by atoms with E-state index in [0.29, 0.717) is 11.4 Å². The molecular weight excluding hydrogens is 258 g/mol. The van der Waals surface area contributed by atoms with E-state index >= 15 is 0 Å². The summed E-state index contributed by atoms with van der Waals surface area (Å²) in [4.78, 5) is 33.0. The fourth-order valence-corrected chi connectivity index (χ4v) is 1.28. The van der Waals surface area contributed by atoms with Gasteiger partial charge in [0, 0.05) is 12.6 Å². The maximum Gasteiger partial charge on any atom is 0.318 e. The molecule has 0 heterocycles. The highest BCUT2D eigenvalue weighted by Crippen LogP contribution is 2.16. The zero-order valence-corrected chi connectivity index (χ0v) is 10.5. The van der Waals surface area contributed by atoms with Gasteiger partial charge in [0.25, 0.3) is 0 Å². The molecule has 0 spiro atoms. The zero-order valence-electron chi connectivity index (χ0n) is 9.73. The first-order valence-corrected chi connectivity index (χ1v) is 5.70. The molecule has 0 fully saturated rings. The van der Waals surface area contributed by atoms with Crippen molar-refractivity contribution in [2.24, 2.45) is 0 Å². The minimum atomic E-state index is -0.659. The summed E-state index contributed by atoms with van der Waals surface area (Å²) >= 11 is 5.27. The third-order valence-corrected chi connectivity index (χ3v) is 2.20. The van der Waals surface area contributed by atoms with Crippen LogP contribution in [0.4, 0.5) is 5.69 Å². The van der Waals surface area contributed by atoms with Gasteiger partial charge in [-0.05, 0) is 24.3 Å². The summed E-state index contributed by atoms with van der Waals surface area (Å²) in [5.41, 5.74) is 0.596. The van der Waals surface area contributed by atoms with Crippen LogP contribution in [0.3, 0.4) is 0 Å². The van der Waals surface area contributed by atoms with Gasteiger partial charge in [0.1, 0.15) is 12.2 Å². The molecule has 0 unspecified atom stereocenters. The highest BCUT2D eigenvalue weighted by Gasteiger charge is 2.10. The lowest BCUT2D eigenvalue weighted by atomic mass is 10.3. The van der Waals surface area contributed by atoms with E-state index in [9.17, 15) is 14.4 Å². The van der Waals surface area contributed by atoms with E-state index in [1.165, 1.54) is 19.1 Å². The van der Waals surface area contributed by atoms with E-state index in [2.05, 4.69) is 5.32 Å². The van der Waals surface area contributed by atoms with Crippen LogP contribution in [0.25, 0.3) is 0 Å². The highest BCUT2D eigenvalue weighted by atomic mass is 35.5. The third-order valence-electron chi connectivity index (χ3n) is 1.90. The lowest BCUT2D eigenvalue weighted by Crippen LogP contribution is -2.14. The van der Waals surface area contributed by atoms with Gasteiger partial charge in [0.05, 0.1) is 5.88 Å². The van der Waals surface area contributed by atoms with Crippen LogP contribution in [-0.4, -0.2) is 23.5 Å². The molecule has 0 atom stereocenters. The average molecular weight is 270 g/mol. The van der Waals surface area contributed by atoms with Crippen molar-refractivity contribution in [3.05, 3.63) is 24.3 Å². The molecule has 0 aliphatic rings. The maximum absolute atomic E-state index is 11.3. The Hall–Kier alpha value is -1.88. The number of carbonyl (C=O) groups is 3. The molecule has 18 heavy (non-hydrogen) atoms. The molecule has 0 radical (unpaired) electrons. The lowest BCUT2D eigenvalue weighted by Gasteiger charge is -2.05. The minimum absolute atomic E-state index is 0.188. The van der Waals surface area contributed by atoms with Crippen LogP contribution in [0.5, 0.6) is 5.75 Å². The number of alkyl halides is 1. The number of carbonyl (C=O) groups excluding carboxylic acids is 3. The second-order valence-corrected chi connectivity index (χ2v) is 3.80. The fraction of sp³-hybridized carbons (Fsp3) is 0.250. The molecular formula is C12H12ClNO4. The lowest BCUT2D eigenvalue weighted by molar-refractivity contribution is -0.137. The quantitative estimate of drug-likeness (QED) is 0.382. The number of hydrogen-bond donors (Lipinski definition) is 1. The number of ether oxygens (including phenoxy) is 1. The van der Waals surface area contributed by atoms with Crippen LogP contribution >= 0.6 is 11.6 Å². The summed E-state index contributed by atoms with van der Waals surface area (Å²) in [5, 5.41) is 2.58. The van der Waals surface area contributed by atoms with Crippen molar-refractivity contribution in [3.63, 3.8) is 0 Å². The summed E-state index contributed by atoms with van der Waals surface area (Å²) in [5.74, 6) is -1.15. The molecule has 0 aliphatic heterocycles. The number of esters is 1. The largest absolute Gasteiger partial charge is 0.426 e. The van der Waals surface area contributed by atoms with Crippen molar-refractivity contribution in [2.75, 3.05) is 11.2 Å². The van der Waals surface area contributed by atoms with E-state index in [4.69, 9.17) is 16.3 Å². The zero-order chi connectivity index (χ0) is 13.5. The van der Waals surface area contributed by atoms with Gasteiger partial charge in [-0.1, -0.05) is 0 Å². The summed E-state index contributed by atoms with van der Waals surface area (Å²) in [6, 6.07) is 6.23. The molecule has 1 aromatic carbocycles. The van der Waals surface area contributed by atoms with Gasteiger partial charge in [-0.3, -0.25) is 14.4 Å². The number of anilines is 1. The summed E-state index contributed by atoms with van der Waals surface area (Å²) in [6.45, 7) is 1.39. The van der Waals surface area contributed by atoms with Crippen LogP contribution in [0.15, 0.2) is 24.3 Å². The number of ketones is 1. The second-order valence-electron chi connectivity index (χ2n) is 3.53. The van der Waals surface area contributed by atoms with Gasteiger partial charge in [0.2, 0.25) is 5.91 Å². The van der Waals surface area contributed by atoms with E-state index in [0.717, 1.165) is 0 Å². The number of hydrogen-bond acceptors (Lipinski definition) is 4. The predicted octanol–water partition coefficient (Wildman–Crippen LogP) is 1.75. The highest BCUT2D eigenvalue weighted by molar-refractivity contribution is 6.28. The van der Waals surface area contributed by atoms with Crippen molar-refractivity contribution in [1.29, 1.82) is 0 Å². The molecule has 0 bridgehead atoms. The van der Waals surface area contributed by atoms with Crippen molar-refractivity contribution < 1.29 is 19.1 Å². The Morgan fingerprint density at radius 3 is 2.33 bits per heavy atom. The molecule has 1 amide bonds. The first kappa shape index (κ1) is 14.2. The Labute approximate surface area is 109 Å². The van der Waals surface area contributed by atoms with E-state index in [1.54, 1.807) is 12.1 Å². The molecule has 1 N–H and O–H groups in total. The molecule has 1 aromatic rings. The molecule has 0 aromatic heterocycles. The Morgan fingerprint density at radius 2 is 1.83 bits per heavy atom. The Bertz CT molecular complexity index is 456. The number of Topliss-reactive ketones (excluding diaryl/α,β-unsaturated/α-hetero) is 1. The predicted molar refractivity (Wildman–Crippen MR) is 66.7 cm³/mol. The number of amides is 1. The van der Waals surface area contributed by atoms with Crippen LogP contribution in [0.2, 0.25) is 0 Å². The van der Waals surface area contributed by atoms with Gasteiger partial charge in [-0.25, -0.2) is 0 Å². The second kappa shape index (κ2) is 6.76. The van der Waals surface area contributed by atoms with Gasteiger partial charge < -0.3 is 10.1 Å². The van der Waals surface area contributed by atoms with Crippen molar-refractivity contribution >= 4 is 34.9 Å². The molecule has 5 nitrogen and oxygen atoms in total. The SMILES string of the molecule is CC(=O)Nc1ccc(OC(=O)CC(=O)CCl)cc1. The molecule has 6 heteroatoms. The standard InChI is InChI=1S/C12H12ClNO4/c1-8(15)14-9-2-4-11(5-3-9)18-12(17)6-10(16)7-13/h2-5H,6-7H2,1H3,(H,14,15). The van der Waals surface area contributed by atoms with Crippen molar-refractivity contribution in [3.8, 4) is 5.75 Å². The number of nitrogens with one attached hydrogen (secondary N) is 1. The Morgan fingerprint density at radius 1 is 1.22 bits per heavy atom. The number of benzene rings is 1. The molecule has 0 saturated carbocycles. The number of rotatable bonds is 5. The third kappa shape index (κ3) is 4.97. The van der Waals surface area contributed by atoms with E-state index in [-0.39, 0.29) is 18.2 Å². The topological polar surface area (TPSA) is 72.5 Å². The van der Waals surface area contributed by atoms with Gasteiger partial charge >= 0.3 is 5.97 Å². The smallest absolute Gasteiger partial charge is 0.318 e. The monoisotopic (exact) mass is 269 g/mol. The molecule has 0 aliphatic carbocycles. The van der Waals surface area contributed by atoms with Gasteiger partial charge in [-0.2, -0.15) is 0 Å². The van der Waals surface area contributed by atoms with E-state index < -0.39 is 11.8 Å². The molecule has 1 rings (SSSR count). The van der Waals surface area contributed by atoms with Gasteiger partial charge in [0.15, 0.2) is 5.78 Å². The van der Waals surface area contributed by atoms with Gasteiger partial charge in [-0.15, -0.1) is 11.6 Å². The summed E-state index contributed by atoms with van der Waals surface area (Å²) in [6.07, 6.45) is -0.350. The van der Waals surface area contributed by atoms with Crippen molar-refractivity contribution in [2.45, 2.75) is 13.3 Å². The minimum Gasteiger partial charge on any atom is -0.426 e. The average Bonchev–Trinajstić information content (AvgIpc) is 2.30. The van der Waals surface area contributed by atoms with Crippen LogP contribution in [-0.2, 0) is 14.4 Å². The first-order chi connectivity index (χ1) is 8.51. The van der Waals surface area contributed by atoms with Crippen molar-refractivity contribution in [1.82, 2.24) is 0 Å². The van der Waals surface area contributed by atoms with E-state index in [1.807, 2.05) is 0 Å². The normalized spacial score (nSPS) is 9.67. The van der Waals surface area contributed by atoms with Crippen LogP contribution in [0.1, 0.15) is 13.3 Å². The number of halogens is 1. The van der Waals surface area contributed by atoms with Crippen LogP contribution in [0, 0.1) is 0 Å². The first-order valence-electron chi connectivity index (χ1n) is 5.17. The fourth-order valence-electron chi connectivity index (χ4n) is 1.19. The molecule has 0 saturated heterocycles. The summed E-state index contributed by atoms with van der Waals surface area (Å²) in [7, 11) is 0. The Kier molecular flexibility index (Phi) is 5.32. The summed E-state index contributed by atoms with van der Waals surface area (Å²) < 4.78 is 4.92. The maximum atomic E-state index is 11.3.